The Bertz CT molecular complexity index is 1470. The van der Waals surface area contributed by atoms with E-state index in [2.05, 4.69) is 27.6 Å². The van der Waals surface area contributed by atoms with Crippen LogP contribution < -0.4 is 5.32 Å². The summed E-state index contributed by atoms with van der Waals surface area (Å²) in [6, 6.07) is 34.8. The van der Waals surface area contributed by atoms with Crippen molar-refractivity contribution in [2.75, 3.05) is 0 Å². The minimum atomic E-state index is -0.140. The Morgan fingerprint density at radius 3 is 2.22 bits per heavy atom. The average Bonchev–Trinajstić information content (AvgIpc) is 3.39. The van der Waals surface area contributed by atoms with E-state index in [-0.39, 0.29) is 11.9 Å². The van der Waals surface area contributed by atoms with E-state index in [0.29, 0.717) is 22.0 Å². The van der Waals surface area contributed by atoms with Gasteiger partial charge in [0.15, 0.2) is 0 Å². The predicted molar refractivity (Wildman–Crippen MR) is 146 cm³/mol. The number of amides is 1. The molecule has 1 amide bonds. The second-order valence-electron chi connectivity index (χ2n) is 8.49. The van der Waals surface area contributed by atoms with Gasteiger partial charge in [0.05, 0.1) is 22.5 Å². The van der Waals surface area contributed by atoms with Crippen LogP contribution in [0, 0.1) is 0 Å². The zero-order chi connectivity index (χ0) is 24.9. The van der Waals surface area contributed by atoms with Crippen LogP contribution in [0.2, 0.25) is 10.0 Å². The maximum Gasteiger partial charge on any atom is 0.251 e. The zero-order valence-corrected chi connectivity index (χ0v) is 20.8. The van der Waals surface area contributed by atoms with Gasteiger partial charge in [-0.1, -0.05) is 96.0 Å². The lowest BCUT2D eigenvalue weighted by molar-refractivity contribution is 0.0936. The summed E-state index contributed by atoms with van der Waals surface area (Å²) >= 11 is 12.3. The first-order chi connectivity index (χ1) is 17.6. The van der Waals surface area contributed by atoms with Crippen LogP contribution in [0.15, 0.2) is 109 Å². The average molecular weight is 512 g/mol. The van der Waals surface area contributed by atoms with Crippen LogP contribution in [0.3, 0.4) is 0 Å². The van der Waals surface area contributed by atoms with Crippen LogP contribution >= 0.6 is 23.2 Å². The van der Waals surface area contributed by atoms with Gasteiger partial charge in [-0.15, -0.1) is 0 Å². The fourth-order valence-corrected chi connectivity index (χ4v) is 4.65. The number of hydrogen-bond acceptors (Lipinski definition) is 2. The van der Waals surface area contributed by atoms with Crippen molar-refractivity contribution in [2.24, 2.45) is 0 Å². The normalized spacial score (nSPS) is 11.7. The van der Waals surface area contributed by atoms with E-state index in [1.165, 1.54) is 0 Å². The minimum absolute atomic E-state index is 0.123. The largest absolute Gasteiger partial charge is 0.345 e. The first kappa shape index (κ1) is 23.9. The number of carbonyl (C=O) groups excluding carboxylic acids is 1. The number of nitrogens with one attached hydrogen (secondary N) is 2. The summed E-state index contributed by atoms with van der Waals surface area (Å²) in [6.07, 6.45) is 0.706. The van der Waals surface area contributed by atoms with Crippen LogP contribution in [-0.4, -0.2) is 16.1 Å². The molecule has 0 aliphatic carbocycles. The molecular weight excluding hydrogens is 489 g/mol. The third-order valence-corrected chi connectivity index (χ3v) is 6.58. The summed E-state index contributed by atoms with van der Waals surface area (Å²) in [5, 5.41) is 11.8. The number of hydrogen-bond donors (Lipinski definition) is 2. The highest BCUT2D eigenvalue weighted by Gasteiger charge is 2.17. The molecule has 4 nitrogen and oxygen atoms in total. The summed E-state index contributed by atoms with van der Waals surface area (Å²) in [4.78, 5) is 13.2. The smallest absolute Gasteiger partial charge is 0.251 e. The van der Waals surface area contributed by atoms with Crippen molar-refractivity contribution < 1.29 is 4.79 Å². The lowest BCUT2D eigenvalue weighted by atomic mass is 9.98. The number of H-pyrrole nitrogens is 1. The molecule has 0 aliphatic heterocycles. The summed E-state index contributed by atoms with van der Waals surface area (Å²) in [5.74, 6) is -0.123. The third kappa shape index (κ3) is 5.51. The maximum absolute atomic E-state index is 13.2. The van der Waals surface area contributed by atoms with Crippen LogP contribution in [0.1, 0.15) is 27.5 Å². The van der Waals surface area contributed by atoms with Crippen molar-refractivity contribution in [1.82, 2.24) is 15.5 Å². The van der Waals surface area contributed by atoms with Crippen LogP contribution in [0.4, 0.5) is 0 Å². The highest BCUT2D eigenvalue weighted by molar-refractivity contribution is 6.36. The van der Waals surface area contributed by atoms with Gasteiger partial charge in [0.1, 0.15) is 0 Å². The topological polar surface area (TPSA) is 57.8 Å². The van der Waals surface area contributed by atoms with Crippen molar-refractivity contribution in [2.45, 2.75) is 12.5 Å². The Morgan fingerprint density at radius 2 is 1.53 bits per heavy atom. The lowest BCUT2D eigenvalue weighted by Gasteiger charge is -2.20. The second-order valence-corrected chi connectivity index (χ2v) is 9.34. The Hall–Kier alpha value is -3.86. The minimum Gasteiger partial charge on any atom is -0.345 e. The molecule has 0 saturated heterocycles. The van der Waals surface area contributed by atoms with Gasteiger partial charge in [0.25, 0.3) is 5.91 Å². The number of rotatable bonds is 7. The molecule has 0 spiro atoms. The van der Waals surface area contributed by atoms with Crippen molar-refractivity contribution >= 4 is 29.1 Å². The van der Waals surface area contributed by atoms with Crippen LogP contribution in [0.25, 0.3) is 22.5 Å². The first-order valence-corrected chi connectivity index (χ1v) is 12.3. The molecule has 0 aliphatic rings. The van der Waals surface area contributed by atoms with E-state index in [4.69, 9.17) is 23.2 Å². The monoisotopic (exact) mass is 511 g/mol. The quantitative estimate of drug-likeness (QED) is 0.234. The molecule has 0 bridgehead atoms. The molecule has 1 atom stereocenters. The molecule has 1 unspecified atom stereocenters. The van der Waals surface area contributed by atoms with Crippen molar-refractivity contribution in [3.63, 3.8) is 0 Å². The van der Waals surface area contributed by atoms with E-state index in [1.807, 2.05) is 84.9 Å². The summed E-state index contributed by atoms with van der Waals surface area (Å²) in [6.45, 7) is 0. The molecule has 6 heteroatoms. The molecule has 2 N–H and O–H groups in total. The summed E-state index contributed by atoms with van der Waals surface area (Å²) in [7, 11) is 0. The number of aromatic nitrogens is 2. The Balaban J connectivity index is 1.33. The maximum atomic E-state index is 13.2. The van der Waals surface area contributed by atoms with E-state index < -0.39 is 0 Å². The van der Waals surface area contributed by atoms with E-state index in [9.17, 15) is 4.79 Å². The van der Waals surface area contributed by atoms with Gasteiger partial charge in [0.2, 0.25) is 0 Å². The molecule has 1 heterocycles. The number of halogens is 2. The van der Waals surface area contributed by atoms with Crippen molar-refractivity contribution in [1.29, 1.82) is 0 Å². The van der Waals surface area contributed by atoms with Gasteiger partial charge in [-0.25, -0.2) is 0 Å². The molecule has 1 aromatic heterocycles. The molecule has 0 saturated carbocycles. The second kappa shape index (κ2) is 10.8. The van der Waals surface area contributed by atoms with Gasteiger partial charge in [-0.05, 0) is 53.9 Å². The van der Waals surface area contributed by atoms with Crippen molar-refractivity contribution in [3.8, 4) is 22.5 Å². The fourth-order valence-electron chi connectivity index (χ4n) is 4.14. The van der Waals surface area contributed by atoms with E-state index in [1.54, 1.807) is 12.1 Å². The Kier molecular flexibility index (Phi) is 7.17. The molecule has 0 radical (unpaired) electrons. The first-order valence-electron chi connectivity index (χ1n) is 11.6. The van der Waals surface area contributed by atoms with Gasteiger partial charge in [-0.3, -0.25) is 9.89 Å². The Labute approximate surface area is 219 Å². The highest BCUT2D eigenvalue weighted by Crippen LogP contribution is 2.31. The van der Waals surface area contributed by atoms with Gasteiger partial charge < -0.3 is 5.32 Å². The summed E-state index contributed by atoms with van der Waals surface area (Å²) < 4.78 is 0. The molecule has 178 valence electrons. The molecule has 5 aromatic rings. The standard InChI is InChI=1S/C30H23Cl2N3O/c31-24-15-16-25(26(32)18-24)29-19-28(34-35-29)22-11-13-23(14-12-22)30(36)33-27(21-9-5-2-6-10-21)17-20-7-3-1-4-8-20/h1-16,18-19,27H,17H2,(H,33,36)(H,34,35). The summed E-state index contributed by atoms with van der Waals surface area (Å²) in [5.41, 5.74) is 6.08. The molecular formula is C30H23Cl2N3O. The number of aromatic amines is 1. The van der Waals surface area contributed by atoms with E-state index in [0.717, 1.165) is 33.6 Å². The van der Waals surface area contributed by atoms with Crippen LogP contribution in [0.5, 0.6) is 0 Å². The SMILES string of the molecule is O=C(NC(Cc1ccccc1)c1ccccc1)c1ccc(-c2cc(-c3ccc(Cl)cc3Cl)[nH]n2)cc1. The number of carbonyl (C=O) groups is 1. The number of nitrogens with zero attached hydrogens (tertiary/aromatic N) is 1. The zero-order valence-electron chi connectivity index (χ0n) is 19.3. The molecule has 36 heavy (non-hydrogen) atoms. The van der Waals surface area contributed by atoms with E-state index >= 15 is 0 Å². The molecule has 4 aromatic carbocycles. The Morgan fingerprint density at radius 1 is 0.833 bits per heavy atom. The fraction of sp³-hybridized carbons (Fsp3) is 0.0667. The lowest BCUT2D eigenvalue weighted by Crippen LogP contribution is -2.30. The van der Waals surface area contributed by atoms with Gasteiger partial charge >= 0.3 is 0 Å². The molecule has 0 fully saturated rings. The highest BCUT2D eigenvalue weighted by atomic mass is 35.5. The van der Waals surface area contributed by atoms with Crippen LogP contribution in [-0.2, 0) is 6.42 Å². The number of benzene rings is 4. The van der Waals surface area contributed by atoms with Crippen molar-refractivity contribution in [3.05, 3.63) is 136 Å². The molecule has 5 rings (SSSR count). The predicted octanol–water partition coefficient (Wildman–Crippen LogP) is 7.76. The van der Waals surface area contributed by atoms with Gasteiger partial charge in [-0.2, -0.15) is 5.10 Å². The van der Waals surface area contributed by atoms with Gasteiger partial charge in [0, 0.05) is 21.7 Å². The third-order valence-electron chi connectivity index (χ3n) is 6.03.